The molecule has 0 aliphatic carbocycles. The highest BCUT2D eigenvalue weighted by molar-refractivity contribution is 6.02. The van der Waals surface area contributed by atoms with Crippen molar-refractivity contribution >= 4 is 10.8 Å². The van der Waals surface area contributed by atoms with Crippen LogP contribution in [0.5, 0.6) is 0 Å². The second-order valence-corrected chi connectivity index (χ2v) is 9.07. The van der Waals surface area contributed by atoms with E-state index in [9.17, 15) is 0 Å². The lowest BCUT2D eigenvalue weighted by molar-refractivity contribution is 0.405. The zero-order valence-electron chi connectivity index (χ0n) is 17.8. The van der Waals surface area contributed by atoms with Crippen LogP contribution in [-0.4, -0.2) is 15.0 Å². The van der Waals surface area contributed by atoms with E-state index in [0.29, 0.717) is 0 Å². The van der Waals surface area contributed by atoms with Gasteiger partial charge in [0.2, 0.25) is 0 Å². The average molecular weight is 382 g/mol. The van der Waals surface area contributed by atoms with E-state index in [1.54, 1.807) is 0 Å². The topological polar surface area (TPSA) is 38.7 Å². The third kappa shape index (κ3) is 4.19. The number of hydrogen-bond acceptors (Lipinski definition) is 3. The molecular formula is C26H27N3. The molecule has 0 aliphatic heterocycles. The van der Waals surface area contributed by atoms with Crippen LogP contribution < -0.4 is 0 Å². The van der Waals surface area contributed by atoms with Crippen LogP contribution >= 0.6 is 0 Å². The molecule has 4 rings (SSSR count). The summed E-state index contributed by atoms with van der Waals surface area (Å²) in [6.45, 7) is 10.9. The summed E-state index contributed by atoms with van der Waals surface area (Å²) in [6, 6.07) is 15.0. The highest BCUT2D eigenvalue weighted by Gasteiger charge is 2.14. The first-order chi connectivity index (χ1) is 13.8. The molecule has 0 saturated carbocycles. The number of rotatable bonds is 3. The fourth-order valence-electron chi connectivity index (χ4n) is 3.90. The van der Waals surface area contributed by atoms with Gasteiger partial charge in [-0.25, -0.2) is 0 Å². The van der Waals surface area contributed by atoms with E-state index < -0.39 is 0 Å². The van der Waals surface area contributed by atoms with Gasteiger partial charge in [-0.15, -0.1) is 0 Å². The Bertz CT molecular complexity index is 1150. The number of benzene rings is 2. The highest BCUT2D eigenvalue weighted by atomic mass is 14.8. The molecule has 2 aromatic carbocycles. The Morgan fingerprint density at radius 3 is 2.21 bits per heavy atom. The molecule has 0 aliphatic rings. The van der Waals surface area contributed by atoms with Crippen molar-refractivity contribution in [1.29, 1.82) is 0 Å². The first-order valence-electron chi connectivity index (χ1n) is 10.1. The molecule has 0 atom stereocenters. The van der Waals surface area contributed by atoms with Crippen molar-refractivity contribution in [2.45, 2.75) is 41.0 Å². The van der Waals surface area contributed by atoms with Crippen molar-refractivity contribution in [3.63, 3.8) is 0 Å². The molecule has 0 unspecified atom stereocenters. The number of aromatic nitrogens is 3. The number of fused-ring (bicyclic) bond motifs is 1. The van der Waals surface area contributed by atoms with E-state index in [1.165, 1.54) is 11.1 Å². The Labute approximate surface area is 172 Å². The summed E-state index contributed by atoms with van der Waals surface area (Å²) in [5.41, 5.74) is 7.85. The maximum absolute atomic E-state index is 4.73. The molecule has 0 N–H and O–H groups in total. The molecule has 146 valence electrons. The predicted octanol–water partition coefficient (Wildman–Crippen LogP) is 6.56. The van der Waals surface area contributed by atoms with Crippen molar-refractivity contribution in [3.05, 3.63) is 77.9 Å². The van der Waals surface area contributed by atoms with Gasteiger partial charge >= 0.3 is 0 Å². The van der Waals surface area contributed by atoms with E-state index in [0.717, 1.165) is 45.4 Å². The zero-order chi connectivity index (χ0) is 20.6. The molecule has 4 aromatic rings. The summed E-state index contributed by atoms with van der Waals surface area (Å²) in [5.74, 6) is 0. The predicted molar refractivity (Wildman–Crippen MR) is 121 cm³/mol. The van der Waals surface area contributed by atoms with E-state index in [4.69, 9.17) is 9.97 Å². The number of aryl methyl sites for hydroxylation is 2. The van der Waals surface area contributed by atoms with Gasteiger partial charge in [0.15, 0.2) is 0 Å². The molecule has 2 aromatic heterocycles. The minimum Gasteiger partial charge on any atom is -0.257 e. The van der Waals surface area contributed by atoms with Crippen LogP contribution in [0.4, 0.5) is 0 Å². The largest absolute Gasteiger partial charge is 0.257 e. The van der Waals surface area contributed by atoms with Crippen LogP contribution in [0, 0.1) is 19.3 Å². The van der Waals surface area contributed by atoms with Gasteiger partial charge in [0.05, 0.1) is 23.3 Å². The van der Waals surface area contributed by atoms with Crippen molar-refractivity contribution in [1.82, 2.24) is 15.0 Å². The maximum Gasteiger partial charge on any atom is 0.0891 e. The zero-order valence-corrected chi connectivity index (χ0v) is 17.8. The fraction of sp³-hybridized carbons (Fsp3) is 0.269. The van der Waals surface area contributed by atoms with Crippen molar-refractivity contribution in [3.8, 4) is 22.5 Å². The van der Waals surface area contributed by atoms with Gasteiger partial charge in [-0.1, -0.05) is 56.2 Å². The Morgan fingerprint density at radius 2 is 1.55 bits per heavy atom. The van der Waals surface area contributed by atoms with Gasteiger partial charge < -0.3 is 0 Å². The molecule has 3 heteroatoms. The Balaban J connectivity index is 1.81. The summed E-state index contributed by atoms with van der Waals surface area (Å²) in [7, 11) is 0. The van der Waals surface area contributed by atoms with Crippen LogP contribution in [0.25, 0.3) is 33.3 Å². The number of hydrogen-bond donors (Lipinski definition) is 0. The summed E-state index contributed by atoms with van der Waals surface area (Å²) in [4.78, 5) is 14.1. The van der Waals surface area contributed by atoms with Gasteiger partial charge in [0.1, 0.15) is 0 Å². The van der Waals surface area contributed by atoms with Crippen LogP contribution in [0.2, 0.25) is 0 Å². The minimum atomic E-state index is 0.197. The molecule has 29 heavy (non-hydrogen) atoms. The van der Waals surface area contributed by atoms with Crippen molar-refractivity contribution < 1.29 is 0 Å². The first-order valence-corrected chi connectivity index (χ1v) is 10.1. The summed E-state index contributed by atoms with van der Waals surface area (Å²) >= 11 is 0. The third-order valence-corrected chi connectivity index (χ3v) is 4.99. The fourth-order valence-corrected chi connectivity index (χ4v) is 3.90. The lowest BCUT2D eigenvalue weighted by Crippen LogP contribution is -2.10. The van der Waals surface area contributed by atoms with Crippen molar-refractivity contribution in [2.24, 2.45) is 5.41 Å². The molecule has 0 spiro atoms. The Hall–Kier alpha value is -3.07. The highest BCUT2D eigenvalue weighted by Crippen LogP contribution is 2.33. The second kappa shape index (κ2) is 7.40. The Kier molecular flexibility index (Phi) is 4.91. The lowest BCUT2D eigenvalue weighted by atomic mass is 9.91. The summed E-state index contributed by atoms with van der Waals surface area (Å²) < 4.78 is 0. The molecule has 2 heterocycles. The standard InChI is InChI=1S/C26H27N3/c1-17-11-18(2)13-19(12-17)25-23-8-6-7-22(21(23)9-10-27-25)24-16-28-20(15-29-24)14-26(3,4)5/h6-13,15-16H,14H2,1-5H3. The van der Waals surface area contributed by atoms with Gasteiger partial charge in [-0.2, -0.15) is 0 Å². The van der Waals surface area contributed by atoms with Crippen LogP contribution in [0.1, 0.15) is 37.6 Å². The molecule has 0 saturated heterocycles. The van der Waals surface area contributed by atoms with E-state index >= 15 is 0 Å². The van der Waals surface area contributed by atoms with Gasteiger partial charge in [-0.3, -0.25) is 15.0 Å². The monoisotopic (exact) mass is 381 g/mol. The second-order valence-electron chi connectivity index (χ2n) is 9.07. The molecule has 0 fully saturated rings. The summed E-state index contributed by atoms with van der Waals surface area (Å²) in [6.07, 6.45) is 6.61. The SMILES string of the molecule is Cc1cc(C)cc(-c2nccc3c(-c4cnc(CC(C)(C)C)cn4)cccc23)c1. The molecule has 0 bridgehead atoms. The lowest BCUT2D eigenvalue weighted by Gasteiger charge is -2.17. The molecule has 0 amide bonds. The normalized spacial score (nSPS) is 11.8. The van der Waals surface area contributed by atoms with E-state index in [1.807, 2.05) is 18.6 Å². The molecular weight excluding hydrogens is 354 g/mol. The quantitative estimate of drug-likeness (QED) is 0.403. The molecule has 0 radical (unpaired) electrons. The smallest absolute Gasteiger partial charge is 0.0891 e. The first kappa shape index (κ1) is 19.3. The maximum atomic E-state index is 4.73. The van der Waals surface area contributed by atoms with Crippen LogP contribution in [0.3, 0.4) is 0 Å². The number of pyridine rings is 1. The third-order valence-electron chi connectivity index (χ3n) is 4.99. The van der Waals surface area contributed by atoms with Gasteiger partial charge in [0, 0.05) is 28.9 Å². The van der Waals surface area contributed by atoms with E-state index in [-0.39, 0.29) is 5.41 Å². The minimum absolute atomic E-state index is 0.197. The molecule has 3 nitrogen and oxygen atoms in total. The average Bonchev–Trinajstić information content (AvgIpc) is 2.66. The van der Waals surface area contributed by atoms with Gasteiger partial charge in [-0.05, 0) is 49.3 Å². The van der Waals surface area contributed by atoms with Crippen molar-refractivity contribution in [2.75, 3.05) is 0 Å². The van der Waals surface area contributed by atoms with E-state index in [2.05, 4.69) is 82.1 Å². The van der Waals surface area contributed by atoms with Gasteiger partial charge in [0.25, 0.3) is 0 Å². The summed E-state index contributed by atoms with van der Waals surface area (Å²) in [5, 5.41) is 2.28. The Morgan fingerprint density at radius 1 is 0.793 bits per heavy atom. The van der Waals surface area contributed by atoms with Crippen LogP contribution in [0.15, 0.2) is 61.1 Å². The van der Waals surface area contributed by atoms with Crippen LogP contribution in [-0.2, 0) is 6.42 Å². The number of nitrogens with zero attached hydrogens (tertiary/aromatic N) is 3.